The third-order valence-corrected chi connectivity index (χ3v) is 18.9. The molecule has 0 aliphatic heterocycles. The number of aromatic nitrogens is 2. The van der Waals surface area contributed by atoms with Gasteiger partial charge in [0.05, 0.1) is 0 Å². The van der Waals surface area contributed by atoms with Crippen LogP contribution in [0.4, 0.5) is 0 Å². The summed E-state index contributed by atoms with van der Waals surface area (Å²) in [4.78, 5) is 0. The molecule has 0 aliphatic rings. The molecule has 0 aliphatic carbocycles. The number of benzene rings is 2. The molecule has 2 aromatic heterocycles. The summed E-state index contributed by atoms with van der Waals surface area (Å²) in [6.07, 6.45) is 4.62. The summed E-state index contributed by atoms with van der Waals surface area (Å²) in [5.74, 6) is 0. The van der Waals surface area contributed by atoms with Gasteiger partial charge in [-0.3, -0.25) is 0 Å². The summed E-state index contributed by atoms with van der Waals surface area (Å²) in [6.45, 7) is 26.2. The van der Waals surface area contributed by atoms with E-state index in [1.165, 1.54) is 27.4 Å². The number of fused-ring (bicyclic) bond motifs is 2. The Morgan fingerprint density at radius 2 is 1.09 bits per heavy atom. The van der Waals surface area contributed by atoms with Crippen LogP contribution in [0.3, 0.4) is 0 Å². The molecule has 2 nitrogen and oxygen atoms in total. The smallest absolute Gasteiger partial charge is 0.161 e. The molecule has 4 heteroatoms. The standard InChI is InChI=1S/C15H23NSi.C14H21NSi/c1-12-11-16(17(5,6)15(2,3)4)14-10-8-7-9-13(12)14;1-14(2,3)16(4,5)15-11-10-12-8-6-7-9-13(12)15/h7-11H,1-6H3;6-11H,1-5H3. The molecule has 0 saturated heterocycles. The Morgan fingerprint density at radius 3 is 1.67 bits per heavy atom. The molecular weight excluding hydrogens is 433 g/mol. The summed E-state index contributed by atoms with van der Waals surface area (Å²) >= 11 is 0. The van der Waals surface area contributed by atoms with Crippen LogP contribution in [0.5, 0.6) is 0 Å². The molecule has 0 N–H and O–H groups in total. The monoisotopic (exact) mass is 476 g/mol. The van der Waals surface area contributed by atoms with Gasteiger partial charge in [-0.05, 0) is 58.5 Å². The van der Waals surface area contributed by atoms with Crippen LogP contribution in [0.15, 0.2) is 67.0 Å². The van der Waals surface area contributed by atoms with Crippen LogP contribution in [0, 0.1) is 6.92 Å². The van der Waals surface area contributed by atoms with Gasteiger partial charge in [0.15, 0.2) is 16.5 Å². The minimum absolute atomic E-state index is 0.362. The minimum atomic E-state index is -1.51. The van der Waals surface area contributed by atoms with Gasteiger partial charge in [0, 0.05) is 16.4 Å². The van der Waals surface area contributed by atoms with Gasteiger partial charge >= 0.3 is 0 Å². The number of para-hydroxylation sites is 2. The highest BCUT2D eigenvalue weighted by molar-refractivity contribution is 6.79. The van der Waals surface area contributed by atoms with Gasteiger partial charge in [-0.2, -0.15) is 0 Å². The van der Waals surface area contributed by atoms with E-state index in [4.69, 9.17) is 0 Å². The first-order valence-corrected chi connectivity index (χ1v) is 18.1. The van der Waals surface area contributed by atoms with E-state index in [1.807, 2.05) is 0 Å². The van der Waals surface area contributed by atoms with Gasteiger partial charge in [0.25, 0.3) is 0 Å². The summed E-state index contributed by atoms with van der Waals surface area (Å²) in [5.41, 5.74) is 4.18. The molecule has 2 heterocycles. The largest absolute Gasteiger partial charge is 0.374 e. The van der Waals surface area contributed by atoms with E-state index in [0.717, 1.165) is 0 Å². The zero-order chi connectivity index (χ0) is 24.8. The Morgan fingerprint density at radius 1 is 0.606 bits per heavy atom. The predicted molar refractivity (Wildman–Crippen MR) is 154 cm³/mol. The molecule has 0 amide bonds. The van der Waals surface area contributed by atoms with E-state index in [9.17, 15) is 0 Å². The van der Waals surface area contributed by atoms with E-state index in [-0.39, 0.29) is 0 Å². The molecule has 0 bridgehead atoms. The predicted octanol–water partition coefficient (Wildman–Crippen LogP) is 9.30. The Labute approximate surface area is 203 Å². The molecule has 0 unspecified atom stereocenters. The van der Waals surface area contributed by atoms with E-state index < -0.39 is 16.5 Å². The molecule has 178 valence electrons. The van der Waals surface area contributed by atoms with Crippen molar-refractivity contribution in [2.75, 3.05) is 0 Å². The van der Waals surface area contributed by atoms with Crippen LogP contribution < -0.4 is 0 Å². The van der Waals surface area contributed by atoms with Crippen molar-refractivity contribution in [2.24, 2.45) is 0 Å². The Hall–Kier alpha value is -2.05. The maximum absolute atomic E-state index is 2.57. The van der Waals surface area contributed by atoms with Crippen LogP contribution in [0.2, 0.25) is 36.3 Å². The number of nitrogens with zero attached hydrogens (tertiary/aromatic N) is 2. The summed E-state index contributed by atoms with van der Waals surface area (Å²) in [5, 5.41) is 3.49. The van der Waals surface area contributed by atoms with E-state index in [2.05, 4.69) is 150 Å². The molecule has 0 radical (unpaired) electrons. The fourth-order valence-corrected chi connectivity index (χ4v) is 8.12. The first-order chi connectivity index (χ1) is 15.1. The fourth-order valence-electron chi connectivity index (χ4n) is 4.11. The van der Waals surface area contributed by atoms with Crippen molar-refractivity contribution in [3.8, 4) is 0 Å². The van der Waals surface area contributed by atoms with Crippen LogP contribution in [0.1, 0.15) is 47.1 Å². The van der Waals surface area contributed by atoms with Crippen molar-refractivity contribution in [2.45, 2.75) is 84.7 Å². The van der Waals surface area contributed by atoms with Gasteiger partial charge in [0.2, 0.25) is 0 Å². The molecule has 0 atom stereocenters. The Kier molecular flexibility index (Phi) is 6.69. The second-order valence-electron chi connectivity index (χ2n) is 12.6. The van der Waals surface area contributed by atoms with Crippen molar-refractivity contribution < 1.29 is 0 Å². The lowest BCUT2D eigenvalue weighted by molar-refractivity contribution is 0.703. The fraction of sp³-hybridized carbons (Fsp3) is 0.448. The lowest BCUT2D eigenvalue weighted by Gasteiger charge is -2.38. The van der Waals surface area contributed by atoms with Crippen LogP contribution in [-0.2, 0) is 0 Å². The lowest BCUT2D eigenvalue weighted by atomic mass is 10.2. The van der Waals surface area contributed by atoms with Crippen molar-refractivity contribution in [3.05, 3.63) is 72.6 Å². The van der Waals surface area contributed by atoms with Gasteiger partial charge in [-0.15, -0.1) is 0 Å². The minimum Gasteiger partial charge on any atom is -0.374 e. The van der Waals surface area contributed by atoms with Gasteiger partial charge < -0.3 is 8.47 Å². The van der Waals surface area contributed by atoms with Gasteiger partial charge in [-0.25, -0.2) is 0 Å². The highest BCUT2D eigenvalue weighted by Crippen LogP contribution is 2.40. The highest BCUT2D eigenvalue weighted by Gasteiger charge is 2.39. The second-order valence-corrected chi connectivity index (χ2v) is 22.8. The van der Waals surface area contributed by atoms with Crippen molar-refractivity contribution in [1.82, 2.24) is 8.47 Å². The molecular formula is C29H44N2Si2. The maximum Gasteiger partial charge on any atom is 0.161 e. The van der Waals surface area contributed by atoms with Gasteiger partial charge in [-0.1, -0.05) is 104 Å². The van der Waals surface area contributed by atoms with Crippen LogP contribution in [0.25, 0.3) is 21.8 Å². The molecule has 0 spiro atoms. The van der Waals surface area contributed by atoms with E-state index in [0.29, 0.717) is 10.1 Å². The van der Waals surface area contributed by atoms with E-state index in [1.54, 1.807) is 0 Å². The number of aryl methyl sites for hydroxylation is 1. The summed E-state index contributed by atoms with van der Waals surface area (Å²) < 4.78 is 5.10. The van der Waals surface area contributed by atoms with Crippen molar-refractivity contribution >= 4 is 38.3 Å². The molecule has 33 heavy (non-hydrogen) atoms. The summed E-state index contributed by atoms with van der Waals surface area (Å²) in [7, 11) is -2.98. The number of hydrogen-bond acceptors (Lipinski definition) is 0. The van der Waals surface area contributed by atoms with Crippen LogP contribution >= 0.6 is 0 Å². The first-order valence-electron chi connectivity index (χ1n) is 12.2. The summed E-state index contributed by atoms with van der Waals surface area (Å²) in [6, 6.07) is 19.7. The van der Waals surface area contributed by atoms with Crippen molar-refractivity contribution in [3.63, 3.8) is 0 Å². The number of hydrogen-bond donors (Lipinski definition) is 0. The molecule has 4 aromatic rings. The lowest BCUT2D eigenvalue weighted by Crippen LogP contribution is -2.44. The van der Waals surface area contributed by atoms with Gasteiger partial charge in [0.1, 0.15) is 0 Å². The highest BCUT2D eigenvalue weighted by atomic mass is 28.3. The third-order valence-electron chi connectivity index (χ3n) is 8.39. The average Bonchev–Trinajstić information content (AvgIpc) is 3.29. The van der Waals surface area contributed by atoms with Crippen molar-refractivity contribution in [1.29, 1.82) is 0 Å². The quantitative estimate of drug-likeness (QED) is 0.255. The third kappa shape index (κ3) is 4.65. The maximum atomic E-state index is 2.57. The normalized spacial score (nSPS) is 13.3. The zero-order valence-electron chi connectivity index (χ0n) is 22.7. The molecule has 0 fully saturated rings. The Balaban J connectivity index is 0.000000186. The molecule has 4 rings (SSSR count). The average molecular weight is 477 g/mol. The number of rotatable bonds is 2. The van der Waals surface area contributed by atoms with Crippen LogP contribution in [-0.4, -0.2) is 24.9 Å². The van der Waals surface area contributed by atoms with E-state index >= 15 is 0 Å². The molecule has 0 saturated carbocycles. The first kappa shape index (κ1) is 25.6. The zero-order valence-corrected chi connectivity index (χ0v) is 24.7. The SMILES string of the molecule is CC(C)(C)[Si](C)(C)n1ccc2ccccc21.Cc1cn([Si](C)(C)C(C)(C)C)c2ccccc12. The second kappa shape index (κ2) is 8.63. The molecule has 2 aromatic carbocycles. The Bertz CT molecular complexity index is 1240. The topological polar surface area (TPSA) is 9.86 Å².